The number of carbonyl (C=O) groups is 5. The van der Waals surface area contributed by atoms with E-state index in [9.17, 15) is 24.0 Å². The number of hydrogen-bond donors (Lipinski definition) is 4. The Kier molecular flexibility index (Phi) is 16.3. The first kappa shape index (κ1) is 49.2. The van der Waals surface area contributed by atoms with Crippen LogP contribution in [0.5, 0.6) is 0 Å². The average molecular weight is 906 g/mol. The van der Waals surface area contributed by atoms with Gasteiger partial charge < -0.3 is 30.3 Å². The van der Waals surface area contributed by atoms with Gasteiger partial charge in [-0.3, -0.25) is 14.4 Å². The number of ketones is 1. The second-order valence-corrected chi connectivity index (χ2v) is 19.9. The highest BCUT2D eigenvalue weighted by molar-refractivity contribution is 5.98. The third-order valence-electron chi connectivity index (χ3n) is 12.2. The number of carbonyl (C=O) groups excluding carboxylic acids is 5. The van der Waals surface area contributed by atoms with Crippen molar-refractivity contribution in [3.05, 3.63) is 77.6 Å². The fourth-order valence-corrected chi connectivity index (χ4v) is 8.77. The largest absolute Gasteiger partial charge is 0.444 e. The topological polar surface area (TPSA) is 210 Å². The summed E-state index contributed by atoms with van der Waals surface area (Å²) in [5.41, 5.74) is 4.02. The molecule has 1 saturated heterocycles. The molecule has 1 aliphatic heterocycles. The van der Waals surface area contributed by atoms with Gasteiger partial charge in [-0.25, -0.2) is 14.6 Å². The predicted octanol–water partition coefficient (Wildman–Crippen LogP) is 8.62. The Labute approximate surface area is 388 Å². The van der Waals surface area contributed by atoms with Crippen molar-refractivity contribution < 1.29 is 33.4 Å². The van der Waals surface area contributed by atoms with Gasteiger partial charge in [-0.2, -0.15) is 5.21 Å². The molecule has 16 heteroatoms. The van der Waals surface area contributed by atoms with E-state index in [0.717, 1.165) is 66.5 Å². The number of aromatic nitrogens is 5. The number of benzene rings is 2. The molecule has 3 unspecified atom stereocenters. The van der Waals surface area contributed by atoms with Crippen molar-refractivity contribution in [2.24, 2.45) is 17.8 Å². The molecule has 3 atom stereocenters. The molecule has 4 N–H and O–H groups in total. The summed E-state index contributed by atoms with van der Waals surface area (Å²) in [4.78, 5) is 72.3. The molecule has 3 heterocycles. The molecule has 2 fully saturated rings. The van der Waals surface area contributed by atoms with Gasteiger partial charge in [0.05, 0.1) is 0 Å². The SMILES string of the molecule is Cc1nc(C(=O)CCCC2CCN(C(=O)OC(C)(C)C)C(C)C2)ccc1-c1ccc(CC(NC(=O)C2CCC(CNC(=O)OC(C)(C)C)CC2)C(=O)Nc2ccc(-c3nn[nH]n3)cc2)cc1. The van der Waals surface area contributed by atoms with Gasteiger partial charge in [0, 0.05) is 60.4 Å². The number of aryl methyl sites for hydroxylation is 1. The number of aromatic amines is 1. The standard InChI is InChI=1S/C50H67N9O7/c1-31-28-33(26-27-59(31)48(64)66-50(6,7)8)10-9-11-43(60)41-25-24-40(32(2)52-41)36-16-12-34(13-17-36)29-42(46(62)53-39-22-20-37(21-23-39)44-55-57-58-56-44)54-45(61)38-18-14-35(15-19-38)30-51-47(63)65-49(3,4)5/h12-13,16-17,20-25,31,33,35,38,42H,9-11,14-15,18-19,26-30H2,1-8H3,(H,51,63)(H,53,62)(H,54,61)(H,55,56,57,58). The van der Waals surface area contributed by atoms with Gasteiger partial charge in [-0.1, -0.05) is 30.3 Å². The Morgan fingerprint density at radius 2 is 1.52 bits per heavy atom. The van der Waals surface area contributed by atoms with Crippen molar-refractivity contribution in [2.75, 3.05) is 18.4 Å². The Hall–Kier alpha value is -6.19. The quantitative estimate of drug-likeness (QED) is 0.0830. The summed E-state index contributed by atoms with van der Waals surface area (Å²) in [6, 6.07) is 17.8. The van der Waals surface area contributed by atoms with E-state index in [4.69, 9.17) is 14.5 Å². The predicted molar refractivity (Wildman–Crippen MR) is 251 cm³/mol. The van der Waals surface area contributed by atoms with Gasteiger partial charge in [-0.15, -0.1) is 10.2 Å². The number of ether oxygens (including phenoxy) is 2. The molecule has 4 amide bonds. The van der Waals surface area contributed by atoms with Crippen LogP contribution in [0.4, 0.5) is 15.3 Å². The van der Waals surface area contributed by atoms with Crippen LogP contribution in [0.2, 0.25) is 0 Å². The molecule has 0 radical (unpaired) electrons. The molecule has 2 aromatic heterocycles. The second-order valence-electron chi connectivity index (χ2n) is 19.9. The molecule has 1 aliphatic carbocycles. The molecule has 2 aromatic carbocycles. The maximum absolute atomic E-state index is 13.9. The number of rotatable bonds is 15. The van der Waals surface area contributed by atoms with E-state index in [-0.39, 0.29) is 48.0 Å². The van der Waals surface area contributed by atoms with Crippen LogP contribution >= 0.6 is 0 Å². The molecule has 66 heavy (non-hydrogen) atoms. The highest BCUT2D eigenvalue weighted by Crippen LogP contribution is 2.31. The molecule has 2 aliphatic rings. The Morgan fingerprint density at radius 1 is 0.833 bits per heavy atom. The summed E-state index contributed by atoms with van der Waals surface area (Å²) in [5.74, 6) is 0.323. The minimum absolute atomic E-state index is 0.0109. The van der Waals surface area contributed by atoms with E-state index in [1.54, 1.807) is 30.3 Å². The molecule has 0 spiro atoms. The van der Waals surface area contributed by atoms with Crippen LogP contribution in [0, 0.1) is 24.7 Å². The van der Waals surface area contributed by atoms with Crippen molar-refractivity contribution in [3.8, 4) is 22.5 Å². The summed E-state index contributed by atoms with van der Waals surface area (Å²) >= 11 is 0. The van der Waals surface area contributed by atoms with Crippen molar-refractivity contribution in [1.82, 2.24) is 41.1 Å². The lowest BCUT2D eigenvalue weighted by Crippen LogP contribution is -2.48. The number of piperidine rings is 1. The van der Waals surface area contributed by atoms with Crippen molar-refractivity contribution in [2.45, 2.75) is 143 Å². The first-order chi connectivity index (χ1) is 31.3. The number of hydrogen-bond acceptors (Lipinski definition) is 11. The normalized spacial score (nSPS) is 19.3. The number of nitrogens with zero attached hydrogens (tertiary/aromatic N) is 5. The highest BCUT2D eigenvalue weighted by atomic mass is 16.6. The third kappa shape index (κ3) is 14.4. The number of Topliss-reactive ketones (excluding diaryl/α,β-unsaturated/α-hetero) is 1. The van der Waals surface area contributed by atoms with Crippen molar-refractivity contribution in [3.63, 3.8) is 0 Å². The summed E-state index contributed by atoms with van der Waals surface area (Å²) in [6.07, 6.45) is 6.22. The minimum Gasteiger partial charge on any atom is -0.444 e. The smallest absolute Gasteiger partial charge is 0.410 e. The maximum Gasteiger partial charge on any atom is 0.410 e. The number of amides is 4. The number of pyridine rings is 1. The summed E-state index contributed by atoms with van der Waals surface area (Å²) in [6.45, 7) is 16.2. The fraction of sp³-hybridized carbons (Fsp3) is 0.540. The van der Waals surface area contributed by atoms with Gasteiger partial charge in [0.2, 0.25) is 17.6 Å². The van der Waals surface area contributed by atoms with Gasteiger partial charge in [0.25, 0.3) is 0 Å². The first-order valence-electron chi connectivity index (χ1n) is 23.3. The zero-order chi connectivity index (χ0) is 47.6. The highest BCUT2D eigenvalue weighted by Gasteiger charge is 2.33. The zero-order valence-corrected chi connectivity index (χ0v) is 39.7. The molecule has 1 saturated carbocycles. The van der Waals surface area contributed by atoms with E-state index in [0.29, 0.717) is 55.5 Å². The average Bonchev–Trinajstić information content (AvgIpc) is 3.80. The van der Waals surface area contributed by atoms with Crippen LogP contribution in [0.1, 0.15) is 128 Å². The molecule has 6 rings (SSSR count). The van der Waals surface area contributed by atoms with E-state index >= 15 is 0 Å². The Morgan fingerprint density at radius 3 is 2.14 bits per heavy atom. The van der Waals surface area contributed by atoms with Crippen molar-refractivity contribution in [1.29, 1.82) is 0 Å². The first-order valence-corrected chi connectivity index (χ1v) is 23.3. The van der Waals surface area contributed by atoms with Crippen LogP contribution in [0.3, 0.4) is 0 Å². The monoisotopic (exact) mass is 906 g/mol. The number of alkyl carbamates (subject to hydrolysis) is 1. The number of nitrogens with one attached hydrogen (secondary N) is 4. The van der Waals surface area contributed by atoms with Gasteiger partial charge >= 0.3 is 12.2 Å². The Balaban J connectivity index is 1.04. The zero-order valence-electron chi connectivity index (χ0n) is 39.7. The summed E-state index contributed by atoms with van der Waals surface area (Å²) in [7, 11) is 0. The molecular formula is C50H67N9O7. The van der Waals surface area contributed by atoms with E-state index in [1.807, 2.05) is 83.7 Å². The lowest BCUT2D eigenvalue weighted by Gasteiger charge is -2.38. The molecule has 4 aromatic rings. The fourth-order valence-electron chi connectivity index (χ4n) is 8.77. The second kappa shape index (κ2) is 21.9. The number of tetrazole rings is 1. The molecule has 0 bridgehead atoms. The molecule has 16 nitrogen and oxygen atoms in total. The van der Waals surface area contributed by atoms with Crippen LogP contribution < -0.4 is 16.0 Å². The van der Waals surface area contributed by atoms with Crippen LogP contribution in [0.15, 0.2) is 60.7 Å². The Bertz CT molecular complexity index is 2280. The summed E-state index contributed by atoms with van der Waals surface area (Å²) in [5, 5.41) is 23.0. The van der Waals surface area contributed by atoms with Crippen LogP contribution in [0.25, 0.3) is 22.5 Å². The lowest BCUT2D eigenvalue weighted by atomic mass is 9.81. The van der Waals surface area contributed by atoms with E-state index in [1.165, 1.54) is 0 Å². The lowest BCUT2D eigenvalue weighted by molar-refractivity contribution is -0.130. The summed E-state index contributed by atoms with van der Waals surface area (Å²) < 4.78 is 11.0. The van der Waals surface area contributed by atoms with E-state index < -0.39 is 23.3 Å². The number of anilines is 1. The van der Waals surface area contributed by atoms with Gasteiger partial charge in [-0.05, 0) is 165 Å². The third-order valence-corrected chi connectivity index (χ3v) is 12.2. The molecule has 354 valence electrons. The maximum atomic E-state index is 13.9. The van der Waals surface area contributed by atoms with Crippen LogP contribution in [-0.4, -0.2) is 96.7 Å². The minimum atomic E-state index is -0.867. The van der Waals surface area contributed by atoms with E-state index in [2.05, 4.69) is 43.5 Å². The van der Waals surface area contributed by atoms with Gasteiger partial charge in [0.15, 0.2) is 5.78 Å². The number of H-pyrrole nitrogens is 1. The van der Waals surface area contributed by atoms with Crippen LogP contribution in [-0.2, 0) is 25.5 Å². The molecular weight excluding hydrogens is 839 g/mol. The van der Waals surface area contributed by atoms with Gasteiger partial charge in [0.1, 0.15) is 22.9 Å². The van der Waals surface area contributed by atoms with Crippen molar-refractivity contribution >= 4 is 35.5 Å². The number of likely N-dealkylation sites (tertiary alicyclic amines) is 1.